The van der Waals surface area contributed by atoms with E-state index in [0.29, 0.717) is 17.4 Å². The Kier molecular flexibility index (Phi) is 8.61. The predicted molar refractivity (Wildman–Crippen MR) is 178 cm³/mol. The van der Waals surface area contributed by atoms with Crippen LogP contribution in [0.2, 0.25) is 0 Å². The predicted octanol–water partition coefficient (Wildman–Crippen LogP) is 8.06. The maximum Gasteiger partial charge on any atom is 0.335 e. The van der Waals surface area contributed by atoms with Crippen LogP contribution in [0.1, 0.15) is 73.2 Å². The second kappa shape index (κ2) is 13.1. The zero-order valence-electron chi connectivity index (χ0n) is 25.8. The summed E-state index contributed by atoms with van der Waals surface area (Å²) in [6, 6.07) is 24.9. The van der Waals surface area contributed by atoms with Crippen LogP contribution < -0.4 is 9.64 Å². The molecule has 44 heavy (non-hydrogen) atoms. The standard InChI is InChI=1S/C38H45N3O3/c42-38(43)30-17-18-32-35(26-30)41-24-23-40(34-16-8-7-15-33(34)37(41)36(32)29-11-3-1-4-12-29)22-21-39-20-9-10-28(27-39)19-25-44-31-13-5-2-6-14-31/h2,5-8,13-18,26,28-29H,1,3-4,9-12,19-25,27H2,(H,42,43)/t28-/m0/s1. The Balaban J connectivity index is 1.11. The molecule has 0 amide bonds. The average molecular weight is 592 g/mol. The third-order valence-corrected chi connectivity index (χ3v) is 10.3. The molecule has 7 rings (SSSR count). The molecule has 3 heterocycles. The fourth-order valence-corrected chi connectivity index (χ4v) is 8.07. The minimum atomic E-state index is -0.858. The van der Waals surface area contributed by atoms with E-state index >= 15 is 0 Å². The molecule has 2 aliphatic heterocycles. The third-order valence-electron chi connectivity index (χ3n) is 10.3. The fourth-order valence-electron chi connectivity index (χ4n) is 8.07. The summed E-state index contributed by atoms with van der Waals surface area (Å²) >= 11 is 0. The minimum Gasteiger partial charge on any atom is -0.494 e. The number of aromatic nitrogens is 1. The van der Waals surface area contributed by atoms with Gasteiger partial charge in [0.2, 0.25) is 0 Å². The van der Waals surface area contributed by atoms with Crippen LogP contribution in [-0.2, 0) is 6.54 Å². The molecule has 1 aliphatic carbocycles. The molecule has 3 aliphatic rings. The Hall–Kier alpha value is -3.77. The molecule has 1 saturated carbocycles. The monoisotopic (exact) mass is 591 g/mol. The third kappa shape index (κ3) is 5.97. The summed E-state index contributed by atoms with van der Waals surface area (Å²) in [4.78, 5) is 17.2. The minimum absolute atomic E-state index is 0.371. The van der Waals surface area contributed by atoms with Gasteiger partial charge in [-0.15, -0.1) is 0 Å². The normalized spacial score (nSPS) is 19.4. The lowest BCUT2D eigenvalue weighted by Crippen LogP contribution is -2.41. The molecule has 2 fully saturated rings. The lowest BCUT2D eigenvalue weighted by atomic mass is 9.81. The van der Waals surface area contributed by atoms with Crippen molar-refractivity contribution in [1.29, 1.82) is 0 Å². The van der Waals surface area contributed by atoms with E-state index in [0.717, 1.165) is 57.0 Å². The number of anilines is 1. The van der Waals surface area contributed by atoms with Crippen molar-refractivity contribution in [3.63, 3.8) is 0 Å². The molecule has 1 aromatic heterocycles. The van der Waals surface area contributed by atoms with Gasteiger partial charge in [0.15, 0.2) is 0 Å². The van der Waals surface area contributed by atoms with Gasteiger partial charge < -0.3 is 24.2 Å². The molecule has 3 aromatic carbocycles. The maximum atomic E-state index is 12.0. The van der Waals surface area contributed by atoms with Crippen molar-refractivity contribution >= 4 is 22.6 Å². The number of carboxylic acid groups (broad SMARTS) is 1. The number of hydrogen-bond donors (Lipinski definition) is 1. The van der Waals surface area contributed by atoms with Gasteiger partial charge in [-0.2, -0.15) is 0 Å². The summed E-state index contributed by atoms with van der Waals surface area (Å²) in [5, 5.41) is 11.1. The van der Waals surface area contributed by atoms with Gasteiger partial charge in [0.25, 0.3) is 0 Å². The number of carbonyl (C=O) groups is 1. The average Bonchev–Trinajstić information content (AvgIpc) is 3.30. The first-order valence-electron chi connectivity index (χ1n) is 16.8. The Bertz CT molecular complexity index is 1590. The lowest BCUT2D eigenvalue weighted by Gasteiger charge is -2.35. The van der Waals surface area contributed by atoms with E-state index < -0.39 is 5.97 Å². The molecular formula is C38H45N3O3. The number of carboxylic acids is 1. The molecule has 6 heteroatoms. The zero-order chi connectivity index (χ0) is 29.9. The summed E-state index contributed by atoms with van der Waals surface area (Å²) in [7, 11) is 0. The molecule has 0 spiro atoms. The van der Waals surface area contributed by atoms with Crippen LogP contribution in [0.25, 0.3) is 22.2 Å². The van der Waals surface area contributed by atoms with Crippen molar-refractivity contribution in [2.45, 2.75) is 63.8 Å². The van der Waals surface area contributed by atoms with Gasteiger partial charge in [-0.25, -0.2) is 4.79 Å². The molecule has 230 valence electrons. The number of hydrogen-bond acceptors (Lipinski definition) is 4. The fraction of sp³-hybridized carbons (Fsp3) is 0.447. The van der Waals surface area contributed by atoms with Gasteiger partial charge in [0.05, 0.1) is 17.9 Å². The van der Waals surface area contributed by atoms with Gasteiger partial charge in [-0.3, -0.25) is 0 Å². The topological polar surface area (TPSA) is 57.9 Å². The van der Waals surface area contributed by atoms with Crippen molar-refractivity contribution in [2.75, 3.05) is 44.2 Å². The number of nitrogens with zero attached hydrogens (tertiary/aromatic N) is 3. The molecule has 1 atom stereocenters. The first kappa shape index (κ1) is 29.0. The number of aromatic carboxylic acids is 1. The van der Waals surface area contributed by atoms with E-state index in [1.807, 2.05) is 36.4 Å². The van der Waals surface area contributed by atoms with Crippen LogP contribution in [0.15, 0.2) is 72.8 Å². The highest BCUT2D eigenvalue weighted by atomic mass is 16.5. The largest absolute Gasteiger partial charge is 0.494 e. The van der Waals surface area contributed by atoms with Crippen LogP contribution in [0, 0.1) is 5.92 Å². The first-order chi connectivity index (χ1) is 21.7. The van der Waals surface area contributed by atoms with Gasteiger partial charge in [0, 0.05) is 54.9 Å². The van der Waals surface area contributed by atoms with Crippen molar-refractivity contribution in [3.05, 3.63) is 83.9 Å². The summed E-state index contributed by atoms with van der Waals surface area (Å²) in [6.45, 7) is 6.90. The highest BCUT2D eigenvalue weighted by Gasteiger charge is 2.31. The first-order valence-corrected chi connectivity index (χ1v) is 16.8. The van der Waals surface area contributed by atoms with Crippen LogP contribution in [0.3, 0.4) is 0 Å². The Morgan fingerprint density at radius 3 is 2.50 bits per heavy atom. The van der Waals surface area contributed by atoms with Gasteiger partial charge in [-0.05, 0) is 86.4 Å². The summed E-state index contributed by atoms with van der Waals surface area (Å²) in [6.07, 6.45) is 9.92. The number of ether oxygens (including phenoxy) is 1. The van der Waals surface area contributed by atoms with Crippen LogP contribution in [0.4, 0.5) is 5.69 Å². The molecule has 0 radical (unpaired) electrons. The van der Waals surface area contributed by atoms with Crippen molar-refractivity contribution in [2.24, 2.45) is 5.92 Å². The second-order valence-corrected chi connectivity index (χ2v) is 13.0. The van der Waals surface area contributed by atoms with Crippen LogP contribution in [0.5, 0.6) is 5.75 Å². The Labute approximate surface area is 261 Å². The van der Waals surface area contributed by atoms with E-state index in [4.69, 9.17) is 4.74 Å². The molecule has 6 nitrogen and oxygen atoms in total. The van der Waals surface area contributed by atoms with Crippen LogP contribution in [-0.4, -0.2) is 59.9 Å². The SMILES string of the molecule is O=C(O)c1ccc2c(C3CCCCC3)c3n(c2c1)CCN(CCN1CCC[C@@H](CCOc2ccccc2)C1)c1ccccc1-3. The Morgan fingerprint density at radius 1 is 0.841 bits per heavy atom. The van der Waals surface area contributed by atoms with Crippen molar-refractivity contribution in [1.82, 2.24) is 9.47 Å². The van der Waals surface area contributed by atoms with E-state index in [9.17, 15) is 9.90 Å². The van der Waals surface area contributed by atoms with Gasteiger partial charge in [0.1, 0.15) is 5.75 Å². The second-order valence-electron chi connectivity index (χ2n) is 13.0. The molecule has 1 N–H and O–H groups in total. The van der Waals surface area contributed by atoms with Gasteiger partial charge in [-0.1, -0.05) is 61.7 Å². The maximum absolute atomic E-state index is 12.0. The molecule has 0 unspecified atom stereocenters. The van der Waals surface area contributed by atoms with E-state index in [2.05, 4.69) is 44.7 Å². The Morgan fingerprint density at radius 2 is 1.66 bits per heavy atom. The quantitative estimate of drug-likeness (QED) is 0.213. The number of rotatable bonds is 9. The smallest absolute Gasteiger partial charge is 0.335 e. The highest BCUT2D eigenvalue weighted by molar-refractivity contribution is 5.99. The van der Waals surface area contributed by atoms with Gasteiger partial charge >= 0.3 is 5.97 Å². The van der Waals surface area contributed by atoms with Crippen LogP contribution >= 0.6 is 0 Å². The van der Waals surface area contributed by atoms with E-state index in [1.54, 1.807) is 6.07 Å². The number of fused-ring (bicyclic) bond motifs is 5. The van der Waals surface area contributed by atoms with E-state index in [1.165, 1.54) is 79.4 Å². The molecule has 1 saturated heterocycles. The van der Waals surface area contributed by atoms with Crippen molar-refractivity contribution < 1.29 is 14.6 Å². The number of piperidine rings is 1. The number of likely N-dealkylation sites (tertiary alicyclic amines) is 1. The highest BCUT2D eigenvalue weighted by Crippen LogP contribution is 2.47. The van der Waals surface area contributed by atoms with E-state index in [-0.39, 0.29) is 0 Å². The molecule has 0 bridgehead atoms. The molecule has 4 aromatic rings. The number of para-hydroxylation sites is 2. The summed E-state index contributed by atoms with van der Waals surface area (Å²) < 4.78 is 8.47. The van der Waals surface area contributed by atoms with Crippen molar-refractivity contribution in [3.8, 4) is 17.0 Å². The lowest BCUT2D eigenvalue weighted by molar-refractivity contribution is 0.0697. The summed E-state index contributed by atoms with van der Waals surface area (Å²) in [5.41, 5.74) is 6.83. The number of benzene rings is 3. The molecular weight excluding hydrogens is 546 g/mol. The summed E-state index contributed by atoms with van der Waals surface area (Å²) in [5.74, 6) is 1.30. The zero-order valence-corrected chi connectivity index (χ0v) is 25.8.